The van der Waals surface area contributed by atoms with Crippen LogP contribution in [0.2, 0.25) is 0 Å². The van der Waals surface area contributed by atoms with Crippen molar-refractivity contribution in [2.24, 2.45) is 11.1 Å². The van der Waals surface area contributed by atoms with Crippen molar-refractivity contribution >= 4 is 5.91 Å². The Labute approximate surface area is 80.3 Å². The Bertz CT molecular complexity index is 196. The number of rotatable bonds is 2. The van der Waals surface area contributed by atoms with Crippen LogP contribution in [0.5, 0.6) is 0 Å². The molecule has 3 nitrogen and oxygen atoms in total. The Balaban J connectivity index is 2.54. The Morgan fingerprint density at radius 1 is 1.54 bits per heavy atom. The molecule has 1 aliphatic heterocycles. The highest BCUT2D eigenvalue weighted by atomic mass is 16.2. The second kappa shape index (κ2) is 3.66. The molecule has 1 fully saturated rings. The fourth-order valence-electron chi connectivity index (χ4n) is 1.95. The first-order valence-electron chi connectivity index (χ1n) is 4.93. The number of nitrogens with two attached hydrogens (primary N) is 1. The molecule has 0 spiro atoms. The summed E-state index contributed by atoms with van der Waals surface area (Å²) < 4.78 is 0. The van der Waals surface area contributed by atoms with E-state index in [0.717, 1.165) is 25.9 Å². The van der Waals surface area contributed by atoms with Gasteiger partial charge >= 0.3 is 0 Å². The summed E-state index contributed by atoms with van der Waals surface area (Å²) >= 11 is 0. The van der Waals surface area contributed by atoms with Gasteiger partial charge < -0.3 is 5.73 Å². The maximum Gasteiger partial charge on any atom is 0.234 e. The summed E-state index contributed by atoms with van der Waals surface area (Å²) in [5.74, 6) is -0.165. The molecule has 0 aromatic carbocycles. The Hall–Kier alpha value is -0.570. The first-order chi connectivity index (χ1) is 5.90. The molecule has 1 unspecified atom stereocenters. The van der Waals surface area contributed by atoms with Crippen molar-refractivity contribution in [3.05, 3.63) is 0 Å². The highest BCUT2D eigenvalue weighted by molar-refractivity contribution is 5.80. The summed E-state index contributed by atoms with van der Waals surface area (Å²) in [4.78, 5) is 13.3. The molecule has 0 radical (unpaired) electrons. The number of likely N-dealkylation sites (tertiary alicyclic amines) is 1. The van der Waals surface area contributed by atoms with Gasteiger partial charge in [-0.2, -0.15) is 0 Å². The van der Waals surface area contributed by atoms with Gasteiger partial charge in [0.2, 0.25) is 5.91 Å². The number of nitrogens with zero attached hydrogens (tertiary/aromatic N) is 1. The third kappa shape index (κ3) is 2.99. The van der Waals surface area contributed by atoms with E-state index in [4.69, 9.17) is 5.73 Å². The molecule has 1 aliphatic rings. The van der Waals surface area contributed by atoms with E-state index < -0.39 is 0 Å². The van der Waals surface area contributed by atoms with Crippen LogP contribution in [-0.2, 0) is 4.79 Å². The molecule has 1 amide bonds. The second-order valence-electron chi connectivity index (χ2n) is 5.09. The van der Waals surface area contributed by atoms with E-state index in [9.17, 15) is 4.79 Å². The summed E-state index contributed by atoms with van der Waals surface area (Å²) in [6.45, 7) is 8.53. The zero-order chi connectivity index (χ0) is 10.1. The van der Waals surface area contributed by atoms with E-state index in [-0.39, 0.29) is 17.4 Å². The Morgan fingerprint density at radius 2 is 2.15 bits per heavy atom. The maximum absolute atomic E-state index is 11.1. The summed E-state index contributed by atoms with van der Waals surface area (Å²) in [6, 6.07) is -0.0146. The molecule has 1 atom stereocenters. The molecule has 3 heteroatoms. The zero-order valence-corrected chi connectivity index (χ0v) is 8.84. The number of primary amides is 1. The highest BCUT2D eigenvalue weighted by Crippen LogP contribution is 2.23. The number of carbonyl (C=O) groups excluding carboxylic acids is 1. The molecular weight excluding hydrogens is 168 g/mol. The average molecular weight is 188 g/mol. The average Bonchev–Trinajstić information content (AvgIpc) is 2.31. The smallest absolute Gasteiger partial charge is 0.234 e. The Morgan fingerprint density at radius 3 is 2.62 bits per heavy atom. The fourth-order valence-corrected chi connectivity index (χ4v) is 1.95. The van der Waals surface area contributed by atoms with Gasteiger partial charge in [-0.25, -0.2) is 0 Å². The van der Waals surface area contributed by atoms with Crippen LogP contribution in [0.1, 0.15) is 33.6 Å². The van der Waals surface area contributed by atoms with E-state index in [2.05, 4.69) is 25.7 Å². The predicted octanol–water partition coefficient (Wildman–Crippen LogP) is 0.982. The lowest BCUT2D eigenvalue weighted by atomic mass is 10.4. The molecule has 0 aromatic heterocycles. The van der Waals surface area contributed by atoms with Gasteiger partial charge in [-0.05, 0) is 24.8 Å². The molecule has 0 aliphatic carbocycles. The molecule has 2 N–H and O–H groups in total. The van der Waals surface area contributed by atoms with E-state index >= 15 is 0 Å². The Kier molecular flexibility index (Phi) is 2.96. The van der Waals surface area contributed by atoms with Crippen LogP contribution < -0.4 is 5.73 Å². The third-order valence-corrected chi connectivity index (χ3v) is 2.37. The lowest BCUT2D eigenvalue weighted by Crippen LogP contribution is -2.43. The fraction of sp³-hybridized carbons (Fsp3) is 0.900. The van der Waals surface area contributed by atoms with Crippen molar-refractivity contribution in [2.45, 2.75) is 39.7 Å². The molecule has 0 aromatic rings. The minimum absolute atomic E-state index is 0.0146. The van der Waals surface area contributed by atoms with Crippen molar-refractivity contribution in [1.82, 2.24) is 4.90 Å². The van der Waals surface area contributed by atoms with Crippen LogP contribution in [0.25, 0.3) is 0 Å². The van der Waals surface area contributed by atoms with Crippen LogP contribution in [0, 0.1) is 5.41 Å². The first kappa shape index (κ1) is 10.5. The van der Waals surface area contributed by atoms with E-state index in [1.54, 1.807) is 0 Å². The molecule has 1 heterocycles. The molecule has 13 heavy (non-hydrogen) atoms. The number of amides is 1. The summed E-state index contributed by atoms with van der Waals surface area (Å²) in [6.07, 6.45) is 2.04. The number of hydrogen-bond donors (Lipinski definition) is 1. The van der Waals surface area contributed by atoms with Crippen molar-refractivity contribution in [3.63, 3.8) is 0 Å². The van der Waals surface area contributed by atoms with Gasteiger partial charge in [0.1, 0.15) is 0 Å². The van der Waals surface area contributed by atoms with Gasteiger partial charge in [-0.1, -0.05) is 20.8 Å². The molecule has 76 valence electrons. The lowest BCUT2D eigenvalue weighted by molar-refractivity contribution is -0.122. The molecule has 0 saturated carbocycles. The summed E-state index contributed by atoms with van der Waals surface area (Å²) in [5.41, 5.74) is 5.57. The van der Waals surface area contributed by atoms with Crippen molar-refractivity contribution in [1.29, 1.82) is 0 Å². The molecule has 0 bridgehead atoms. The standard InChI is InChI=1S/C10H20N2O/c1-10(2,3)7-12-6-4-5-8(12)9(11)13/h8H,4-7H2,1-3H3,(H2,11,13)/i7+1,8+1,10+1,12+1. The summed E-state index contributed by atoms with van der Waals surface area (Å²) in [5, 5.41) is 0. The van der Waals surface area contributed by atoms with Crippen molar-refractivity contribution in [3.8, 4) is 0 Å². The van der Waals surface area contributed by atoms with Gasteiger partial charge in [0.05, 0.1) is 6.04 Å². The number of hydrogen-bond acceptors (Lipinski definition) is 2. The monoisotopic (exact) mass is 188 g/mol. The van der Waals surface area contributed by atoms with Crippen LogP contribution in [0.4, 0.5) is 0 Å². The van der Waals surface area contributed by atoms with Gasteiger partial charge in [-0.15, -0.1) is 0 Å². The molecular formula is C10H20N2O. The molecule has 1 saturated heterocycles. The van der Waals surface area contributed by atoms with E-state index in [1.165, 1.54) is 0 Å². The summed E-state index contributed by atoms with van der Waals surface area (Å²) in [7, 11) is 0. The number of carbonyl (C=O) groups is 1. The third-order valence-electron chi connectivity index (χ3n) is 2.37. The van der Waals surface area contributed by atoms with Crippen molar-refractivity contribution in [2.75, 3.05) is 13.1 Å². The van der Waals surface area contributed by atoms with Crippen LogP contribution >= 0.6 is 0 Å². The quantitative estimate of drug-likeness (QED) is 0.518. The topological polar surface area (TPSA) is 46.3 Å². The van der Waals surface area contributed by atoms with Crippen LogP contribution in [0.15, 0.2) is 0 Å². The van der Waals surface area contributed by atoms with Crippen molar-refractivity contribution < 1.29 is 4.79 Å². The van der Waals surface area contributed by atoms with Crippen LogP contribution in [0.3, 0.4) is 0 Å². The van der Waals surface area contributed by atoms with Gasteiger partial charge in [-0.3, -0.25) is 9.69 Å². The largest absolute Gasteiger partial charge is 0.368 e. The first-order valence-corrected chi connectivity index (χ1v) is 4.93. The predicted molar refractivity (Wildman–Crippen MR) is 53.2 cm³/mol. The SMILES string of the molecule is C[13C](C)(C)[13CH2][15N]1CCC[13CH]1C(N)=O. The van der Waals surface area contributed by atoms with Crippen LogP contribution in [-0.4, -0.2) is 29.9 Å². The van der Waals surface area contributed by atoms with Gasteiger partial charge in [0.25, 0.3) is 0 Å². The zero-order valence-electron chi connectivity index (χ0n) is 8.84. The van der Waals surface area contributed by atoms with E-state index in [1.807, 2.05) is 0 Å². The minimum atomic E-state index is -0.165. The minimum Gasteiger partial charge on any atom is -0.368 e. The van der Waals surface area contributed by atoms with Gasteiger partial charge in [0.15, 0.2) is 0 Å². The van der Waals surface area contributed by atoms with E-state index in [0.29, 0.717) is 0 Å². The second-order valence-corrected chi connectivity index (χ2v) is 5.09. The lowest BCUT2D eigenvalue weighted by Gasteiger charge is -2.29. The van der Waals surface area contributed by atoms with Gasteiger partial charge in [0, 0.05) is 6.54 Å². The highest BCUT2D eigenvalue weighted by Gasteiger charge is 2.31. The molecule has 1 rings (SSSR count). The normalized spacial score (nSPS) is 25.0. The maximum atomic E-state index is 11.1.